The third-order valence-electron chi connectivity index (χ3n) is 8.11. The Kier molecular flexibility index (Phi) is 7.47. The van der Waals surface area contributed by atoms with E-state index in [0.29, 0.717) is 18.8 Å². The van der Waals surface area contributed by atoms with Crippen LogP contribution in [-0.4, -0.2) is 31.1 Å². The van der Waals surface area contributed by atoms with E-state index in [9.17, 15) is 9.59 Å². The summed E-state index contributed by atoms with van der Waals surface area (Å²) >= 11 is 0. The molecule has 1 amide bonds. The van der Waals surface area contributed by atoms with E-state index in [2.05, 4.69) is 6.07 Å². The first-order chi connectivity index (χ1) is 20.0. The molecule has 4 aromatic carbocycles. The summed E-state index contributed by atoms with van der Waals surface area (Å²) in [6.07, 6.45) is 0.203. The lowest BCUT2D eigenvalue weighted by molar-refractivity contribution is -0.145. The summed E-state index contributed by atoms with van der Waals surface area (Å²) < 4.78 is 17.5. The molecule has 0 N–H and O–H groups in total. The molecule has 0 fully saturated rings. The minimum absolute atomic E-state index is 0.0905. The highest BCUT2D eigenvalue weighted by atomic mass is 16.5. The number of esters is 1. The number of ether oxygens (including phenoxy) is 3. The maximum absolute atomic E-state index is 14.0. The molecule has 2 heterocycles. The Hall–Kier alpha value is -4.58. The van der Waals surface area contributed by atoms with E-state index in [1.807, 2.05) is 110 Å². The summed E-state index contributed by atoms with van der Waals surface area (Å²) in [6, 6.07) is 30.9. The third kappa shape index (κ3) is 5.42. The van der Waals surface area contributed by atoms with Crippen molar-refractivity contribution in [1.82, 2.24) is 0 Å². The predicted molar refractivity (Wildman–Crippen MR) is 158 cm³/mol. The average Bonchev–Trinajstić information content (AvgIpc) is 3.53. The van der Waals surface area contributed by atoms with E-state index >= 15 is 0 Å². The molecule has 208 valence electrons. The number of hydrogen-bond donors (Lipinski definition) is 0. The van der Waals surface area contributed by atoms with E-state index in [4.69, 9.17) is 14.2 Å². The molecule has 2 unspecified atom stereocenters. The van der Waals surface area contributed by atoms with Gasteiger partial charge in [0.2, 0.25) is 0 Å². The molecule has 0 aromatic heterocycles. The first-order valence-electron chi connectivity index (χ1n) is 14.1. The maximum Gasteiger partial charge on any atom is 0.306 e. The normalized spacial score (nSPS) is 18.8. The first kappa shape index (κ1) is 26.6. The van der Waals surface area contributed by atoms with Crippen molar-refractivity contribution >= 4 is 17.6 Å². The van der Waals surface area contributed by atoms with Gasteiger partial charge in [0.1, 0.15) is 18.1 Å². The standard InChI is InChI=1S/C35H33NO5/c1-23-18-27(39-21-26-22-40-33-15-9-7-12-29(26)33)16-17-28(23)35(38)36-24(2)31(30-13-6-8-14-32(30)36)19-34(37)41-20-25-10-4-3-5-11-25/h3-18,24,26,31H,19-22H2,1-2H3/t24?,26-,31?/m1/s1. The van der Waals surface area contributed by atoms with Crippen molar-refractivity contribution < 1.29 is 23.8 Å². The molecule has 2 aliphatic rings. The molecule has 3 atom stereocenters. The van der Waals surface area contributed by atoms with Crippen molar-refractivity contribution in [3.63, 3.8) is 0 Å². The topological polar surface area (TPSA) is 65.1 Å². The first-order valence-corrected chi connectivity index (χ1v) is 14.1. The minimum Gasteiger partial charge on any atom is -0.493 e. The highest BCUT2D eigenvalue weighted by Crippen LogP contribution is 2.44. The van der Waals surface area contributed by atoms with E-state index in [0.717, 1.165) is 39.4 Å². The maximum atomic E-state index is 14.0. The van der Waals surface area contributed by atoms with Crippen LogP contribution in [0.1, 0.15) is 57.8 Å². The lowest BCUT2D eigenvalue weighted by atomic mass is 9.92. The third-order valence-corrected chi connectivity index (χ3v) is 8.11. The van der Waals surface area contributed by atoms with Gasteiger partial charge in [-0.2, -0.15) is 0 Å². The van der Waals surface area contributed by atoms with Crippen LogP contribution in [0.25, 0.3) is 0 Å². The van der Waals surface area contributed by atoms with Crippen LogP contribution in [0, 0.1) is 6.92 Å². The molecule has 41 heavy (non-hydrogen) atoms. The van der Waals surface area contributed by atoms with Crippen LogP contribution < -0.4 is 14.4 Å². The number of nitrogens with zero attached hydrogens (tertiary/aromatic N) is 1. The van der Waals surface area contributed by atoms with Gasteiger partial charge in [-0.25, -0.2) is 0 Å². The Balaban J connectivity index is 1.14. The van der Waals surface area contributed by atoms with Crippen LogP contribution >= 0.6 is 0 Å². The van der Waals surface area contributed by atoms with Gasteiger partial charge in [0.25, 0.3) is 5.91 Å². The Morgan fingerprint density at radius 2 is 1.63 bits per heavy atom. The summed E-state index contributed by atoms with van der Waals surface area (Å²) in [7, 11) is 0. The Morgan fingerprint density at radius 1 is 0.902 bits per heavy atom. The van der Waals surface area contributed by atoms with E-state index < -0.39 is 0 Å². The number of anilines is 1. The number of rotatable bonds is 8. The number of amides is 1. The molecule has 0 saturated carbocycles. The molecule has 0 saturated heterocycles. The molecule has 0 spiro atoms. The molecule has 4 aromatic rings. The predicted octanol–water partition coefficient (Wildman–Crippen LogP) is 6.82. The lowest BCUT2D eigenvalue weighted by Crippen LogP contribution is -2.38. The minimum atomic E-state index is -0.275. The fourth-order valence-corrected chi connectivity index (χ4v) is 5.89. The molecule has 2 aliphatic heterocycles. The zero-order chi connectivity index (χ0) is 28.3. The molecule has 0 aliphatic carbocycles. The van der Waals surface area contributed by atoms with Crippen molar-refractivity contribution in [2.75, 3.05) is 18.1 Å². The molecule has 6 nitrogen and oxygen atoms in total. The van der Waals surface area contributed by atoms with Crippen molar-refractivity contribution in [2.45, 2.75) is 44.8 Å². The molecule has 0 radical (unpaired) electrons. The van der Waals surface area contributed by atoms with Gasteiger partial charge in [-0.1, -0.05) is 66.7 Å². The quantitative estimate of drug-likeness (QED) is 0.227. The zero-order valence-electron chi connectivity index (χ0n) is 23.3. The van der Waals surface area contributed by atoms with Gasteiger partial charge in [0, 0.05) is 28.8 Å². The lowest BCUT2D eigenvalue weighted by Gasteiger charge is -2.26. The average molecular weight is 548 g/mol. The summed E-state index contributed by atoms with van der Waals surface area (Å²) in [5.41, 5.74) is 5.39. The van der Waals surface area contributed by atoms with Gasteiger partial charge in [-0.15, -0.1) is 0 Å². The number of aryl methyl sites for hydroxylation is 1. The van der Waals surface area contributed by atoms with E-state index in [-0.39, 0.29) is 42.8 Å². The van der Waals surface area contributed by atoms with Crippen molar-refractivity contribution in [3.05, 3.63) is 125 Å². The second-order valence-corrected chi connectivity index (χ2v) is 10.8. The molecule has 6 heteroatoms. The van der Waals surface area contributed by atoms with Gasteiger partial charge < -0.3 is 19.1 Å². The number of hydrogen-bond acceptors (Lipinski definition) is 5. The van der Waals surface area contributed by atoms with Gasteiger partial charge in [0.05, 0.1) is 25.6 Å². The number of para-hydroxylation sites is 2. The summed E-state index contributed by atoms with van der Waals surface area (Å²) in [6.45, 7) is 5.27. The van der Waals surface area contributed by atoms with Crippen LogP contribution in [0.2, 0.25) is 0 Å². The van der Waals surface area contributed by atoms with Crippen LogP contribution in [0.3, 0.4) is 0 Å². The Bertz CT molecular complexity index is 1570. The Labute approximate surface area is 240 Å². The fourth-order valence-electron chi connectivity index (χ4n) is 5.89. The molecule has 6 rings (SSSR count). The second kappa shape index (κ2) is 11.5. The number of carbonyl (C=O) groups excluding carboxylic acids is 2. The largest absolute Gasteiger partial charge is 0.493 e. The SMILES string of the molecule is Cc1cc(OC[C@@H]2COc3ccccc32)ccc1C(=O)N1c2ccccc2C(CC(=O)OCc2ccccc2)C1C. The van der Waals surface area contributed by atoms with Crippen LogP contribution in [0.15, 0.2) is 97.1 Å². The van der Waals surface area contributed by atoms with Gasteiger partial charge >= 0.3 is 5.97 Å². The summed E-state index contributed by atoms with van der Waals surface area (Å²) in [5, 5.41) is 0. The van der Waals surface area contributed by atoms with Crippen molar-refractivity contribution in [1.29, 1.82) is 0 Å². The second-order valence-electron chi connectivity index (χ2n) is 10.8. The van der Waals surface area contributed by atoms with E-state index in [1.54, 1.807) is 0 Å². The molecular formula is C35H33NO5. The van der Waals surface area contributed by atoms with Crippen LogP contribution in [0.4, 0.5) is 5.69 Å². The highest BCUT2D eigenvalue weighted by molar-refractivity contribution is 6.09. The smallest absolute Gasteiger partial charge is 0.306 e. The fraction of sp³-hybridized carbons (Fsp3) is 0.257. The summed E-state index contributed by atoms with van der Waals surface area (Å²) in [5.74, 6) is 1.29. The van der Waals surface area contributed by atoms with Crippen LogP contribution in [-0.2, 0) is 16.1 Å². The molecular weight excluding hydrogens is 514 g/mol. The Morgan fingerprint density at radius 3 is 2.44 bits per heavy atom. The van der Waals surface area contributed by atoms with Crippen LogP contribution in [0.5, 0.6) is 11.5 Å². The van der Waals surface area contributed by atoms with Gasteiger partial charge in [-0.05, 0) is 60.9 Å². The van der Waals surface area contributed by atoms with Gasteiger partial charge in [0.15, 0.2) is 0 Å². The molecule has 0 bridgehead atoms. The number of fused-ring (bicyclic) bond motifs is 2. The zero-order valence-corrected chi connectivity index (χ0v) is 23.3. The van der Waals surface area contributed by atoms with Crippen molar-refractivity contribution in [2.24, 2.45) is 0 Å². The van der Waals surface area contributed by atoms with Crippen molar-refractivity contribution in [3.8, 4) is 11.5 Å². The number of carbonyl (C=O) groups is 2. The monoisotopic (exact) mass is 547 g/mol. The van der Waals surface area contributed by atoms with E-state index in [1.165, 1.54) is 0 Å². The summed E-state index contributed by atoms with van der Waals surface area (Å²) in [4.78, 5) is 28.6. The number of benzene rings is 4. The highest BCUT2D eigenvalue weighted by Gasteiger charge is 2.40. The van der Waals surface area contributed by atoms with Gasteiger partial charge in [-0.3, -0.25) is 9.59 Å².